The third-order valence-corrected chi connectivity index (χ3v) is 6.49. The van der Waals surface area contributed by atoms with Gasteiger partial charge in [-0.05, 0) is 54.9 Å². The molecule has 2 aromatic rings. The lowest BCUT2D eigenvalue weighted by atomic mass is 9.74. The summed E-state index contributed by atoms with van der Waals surface area (Å²) in [6, 6.07) is 17.1. The Morgan fingerprint density at radius 3 is 2.45 bits per heavy atom. The lowest BCUT2D eigenvalue weighted by Gasteiger charge is -2.35. The van der Waals surface area contributed by atoms with Crippen molar-refractivity contribution in [3.63, 3.8) is 0 Å². The molecule has 164 valence electrons. The number of aliphatic hydroxyl groups is 1. The van der Waals surface area contributed by atoms with Crippen molar-refractivity contribution >= 4 is 23.5 Å². The first-order valence-electron chi connectivity index (χ1n) is 10.7. The second kappa shape index (κ2) is 9.39. The molecule has 2 fully saturated rings. The number of benzene rings is 2. The molecule has 2 aliphatic rings. The van der Waals surface area contributed by atoms with Gasteiger partial charge in [0.05, 0.1) is 25.9 Å². The van der Waals surface area contributed by atoms with E-state index in [-0.39, 0.29) is 19.1 Å². The number of β-amino-alcohol motifs (C(OH)–C–C–N with tert-alkyl or cyclic N) is 1. The van der Waals surface area contributed by atoms with Gasteiger partial charge in [0.15, 0.2) is 0 Å². The number of rotatable bonds is 7. The minimum absolute atomic E-state index is 0.0305. The number of amides is 3. The molecule has 31 heavy (non-hydrogen) atoms. The highest BCUT2D eigenvalue weighted by Gasteiger charge is 2.52. The molecule has 1 aliphatic heterocycles. The van der Waals surface area contributed by atoms with Crippen LogP contribution >= 0.6 is 11.6 Å². The molecule has 3 amide bonds. The van der Waals surface area contributed by atoms with Crippen LogP contribution in [0, 0.1) is 0 Å². The molecule has 1 spiro atoms. The predicted molar refractivity (Wildman–Crippen MR) is 118 cm³/mol. The molecule has 1 atom stereocenters. The van der Waals surface area contributed by atoms with E-state index in [9.17, 15) is 14.7 Å². The van der Waals surface area contributed by atoms with Crippen molar-refractivity contribution in [2.45, 2.75) is 49.9 Å². The third kappa shape index (κ3) is 4.92. The first-order chi connectivity index (χ1) is 15.0. The van der Waals surface area contributed by atoms with Crippen LogP contribution in [0.25, 0.3) is 0 Å². The predicted octanol–water partition coefficient (Wildman–Crippen LogP) is 3.87. The van der Waals surface area contributed by atoms with Gasteiger partial charge in [-0.1, -0.05) is 54.1 Å². The van der Waals surface area contributed by atoms with Crippen LogP contribution < -0.4 is 5.32 Å². The van der Waals surface area contributed by atoms with Gasteiger partial charge in [0.1, 0.15) is 5.54 Å². The van der Waals surface area contributed by atoms with Crippen LogP contribution in [0.2, 0.25) is 5.02 Å². The van der Waals surface area contributed by atoms with Crippen molar-refractivity contribution in [1.82, 2.24) is 10.2 Å². The van der Waals surface area contributed by atoms with Gasteiger partial charge in [0.2, 0.25) is 0 Å². The van der Waals surface area contributed by atoms with Gasteiger partial charge in [-0.15, -0.1) is 0 Å². The number of carbonyl (C=O) groups excluding carboxylic acids is 2. The van der Waals surface area contributed by atoms with E-state index in [2.05, 4.69) is 17.4 Å². The summed E-state index contributed by atoms with van der Waals surface area (Å²) in [5.41, 5.74) is 1.37. The molecule has 1 saturated carbocycles. The maximum Gasteiger partial charge on any atom is 0.325 e. The molecule has 4 rings (SSSR count). The van der Waals surface area contributed by atoms with Gasteiger partial charge >= 0.3 is 6.03 Å². The summed E-state index contributed by atoms with van der Waals surface area (Å²) in [7, 11) is 0. The Kier molecular flexibility index (Phi) is 6.60. The van der Waals surface area contributed by atoms with Crippen molar-refractivity contribution in [1.29, 1.82) is 0 Å². The van der Waals surface area contributed by atoms with Gasteiger partial charge in [-0.2, -0.15) is 0 Å². The van der Waals surface area contributed by atoms with E-state index in [0.29, 0.717) is 30.4 Å². The molecule has 0 radical (unpaired) electrons. The molecule has 1 heterocycles. The van der Waals surface area contributed by atoms with Gasteiger partial charge in [-0.3, -0.25) is 9.69 Å². The second-order valence-corrected chi connectivity index (χ2v) is 8.84. The van der Waals surface area contributed by atoms with Gasteiger partial charge in [0, 0.05) is 5.02 Å². The van der Waals surface area contributed by atoms with Crippen LogP contribution in [-0.2, 0) is 16.1 Å². The smallest absolute Gasteiger partial charge is 0.325 e. The monoisotopic (exact) mass is 442 g/mol. The molecule has 2 N–H and O–H groups in total. The normalized spacial score (nSPS) is 24.5. The number of aliphatic hydroxyl groups excluding tert-OH is 1. The number of urea groups is 1. The molecule has 7 heteroatoms. The minimum Gasteiger partial charge on any atom is -0.389 e. The van der Waals surface area contributed by atoms with E-state index in [1.54, 1.807) is 12.1 Å². The van der Waals surface area contributed by atoms with E-state index in [0.717, 1.165) is 23.3 Å². The fraction of sp³-hybridized carbons (Fsp3) is 0.417. The highest BCUT2D eigenvalue weighted by atomic mass is 35.5. The summed E-state index contributed by atoms with van der Waals surface area (Å²) >= 11 is 5.86. The second-order valence-electron chi connectivity index (χ2n) is 8.41. The Morgan fingerprint density at radius 2 is 1.77 bits per heavy atom. The lowest BCUT2D eigenvalue weighted by Crippen LogP contribution is -2.49. The number of ether oxygens (including phenoxy) is 1. The zero-order chi connectivity index (χ0) is 21.8. The van der Waals surface area contributed by atoms with Crippen LogP contribution in [-0.4, -0.2) is 46.7 Å². The van der Waals surface area contributed by atoms with E-state index in [1.165, 1.54) is 5.56 Å². The summed E-state index contributed by atoms with van der Waals surface area (Å²) < 4.78 is 5.54. The molecular formula is C24H27ClN2O4. The van der Waals surface area contributed by atoms with E-state index < -0.39 is 17.7 Å². The Labute approximate surface area is 187 Å². The Hall–Kier alpha value is -2.41. The number of nitrogens with zero attached hydrogens (tertiary/aromatic N) is 1. The first kappa shape index (κ1) is 21.8. The fourth-order valence-corrected chi connectivity index (χ4v) is 4.63. The number of nitrogens with one attached hydrogen (secondary N) is 1. The first-order valence-corrected chi connectivity index (χ1v) is 11.0. The topological polar surface area (TPSA) is 78.9 Å². The molecule has 0 bridgehead atoms. The van der Waals surface area contributed by atoms with Crippen molar-refractivity contribution < 1.29 is 19.4 Å². The van der Waals surface area contributed by atoms with Crippen LogP contribution in [0.5, 0.6) is 0 Å². The van der Waals surface area contributed by atoms with E-state index in [1.807, 2.05) is 30.3 Å². The molecular weight excluding hydrogens is 416 g/mol. The van der Waals surface area contributed by atoms with Crippen molar-refractivity contribution in [2.75, 3.05) is 13.2 Å². The Balaban J connectivity index is 1.28. The van der Waals surface area contributed by atoms with Gasteiger partial charge in [-0.25, -0.2) is 4.79 Å². The lowest BCUT2D eigenvalue weighted by molar-refractivity contribution is -0.133. The molecule has 6 nitrogen and oxygen atoms in total. The minimum atomic E-state index is -0.946. The Morgan fingerprint density at radius 1 is 1.10 bits per heavy atom. The summed E-state index contributed by atoms with van der Waals surface area (Å²) in [6.45, 7) is 0.275. The summed E-state index contributed by atoms with van der Waals surface area (Å²) in [5.74, 6) is 0.165. The largest absolute Gasteiger partial charge is 0.389 e. The maximum absolute atomic E-state index is 13.1. The van der Waals surface area contributed by atoms with E-state index in [4.69, 9.17) is 16.3 Å². The zero-order valence-corrected chi connectivity index (χ0v) is 18.1. The van der Waals surface area contributed by atoms with E-state index >= 15 is 0 Å². The molecule has 2 aromatic carbocycles. The van der Waals surface area contributed by atoms with Crippen LogP contribution in [0.1, 0.15) is 42.7 Å². The zero-order valence-electron chi connectivity index (χ0n) is 17.3. The molecule has 0 aromatic heterocycles. The van der Waals surface area contributed by atoms with Crippen molar-refractivity contribution in [3.8, 4) is 0 Å². The third-order valence-electron chi connectivity index (χ3n) is 6.24. The average molecular weight is 443 g/mol. The summed E-state index contributed by atoms with van der Waals surface area (Å²) in [4.78, 5) is 26.7. The van der Waals surface area contributed by atoms with Crippen LogP contribution in [0.4, 0.5) is 4.79 Å². The van der Waals surface area contributed by atoms with Crippen molar-refractivity contribution in [2.24, 2.45) is 0 Å². The van der Waals surface area contributed by atoms with Gasteiger partial charge in [0.25, 0.3) is 5.91 Å². The average Bonchev–Trinajstić information content (AvgIpc) is 3.00. The van der Waals surface area contributed by atoms with Crippen molar-refractivity contribution in [3.05, 3.63) is 70.7 Å². The SMILES string of the molecule is O=C1NC2(CCC(c3ccccc3)CC2)C(=O)N1CC(O)COCc1ccc(Cl)cc1. The van der Waals surface area contributed by atoms with Gasteiger partial charge < -0.3 is 15.2 Å². The number of carbonyl (C=O) groups is 2. The molecule has 1 saturated heterocycles. The summed E-state index contributed by atoms with van der Waals surface area (Å²) in [6.07, 6.45) is 1.96. The van der Waals surface area contributed by atoms with Crippen LogP contribution in [0.15, 0.2) is 54.6 Å². The molecule has 1 aliphatic carbocycles. The number of imide groups is 1. The highest BCUT2D eigenvalue weighted by Crippen LogP contribution is 2.40. The Bertz CT molecular complexity index is 911. The quantitative estimate of drug-likeness (QED) is 0.638. The number of hydrogen-bond acceptors (Lipinski definition) is 4. The fourth-order valence-electron chi connectivity index (χ4n) is 4.51. The number of halogens is 1. The number of hydrogen-bond donors (Lipinski definition) is 2. The van der Waals surface area contributed by atoms with Crippen LogP contribution in [0.3, 0.4) is 0 Å². The highest BCUT2D eigenvalue weighted by molar-refractivity contribution is 6.30. The summed E-state index contributed by atoms with van der Waals surface area (Å²) in [5, 5.41) is 13.9. The molecule has 1 unspecified atom stereocenters. The maximum atomic E-state index is 13.1. The standard InChI is InChI=1S/C24H27ClN2O4/c25-20-8-6-17(7-9-20)15-31-16-21(28)14-27-22(29)24(26-23(27)30)12-10-19(11-13-24)18-4-2-1-3-5-18/h1-9,19,21,28H,10-16H2,(H,26,30).